The quantitative estimate of drug-likeness (QED) is 0.0679. The lowest BCUT2D eigenvalue weighted by atomic mass is 9.82. The van der Waals surface area contributed by atoms with Crippen molar-refractivity contribution in [1.82, 2.24) is 10.6 Å². The van der Waals surface area contributed by atoms with Crippen LogP contribution in [0, 0.1) is 17.8 Å². The molecule has 562 valence electrons. The predicted octanol–water partition coefficient (Wildman–Crippen LogP) is -6.15. The molecule has 0 aromatic carbocycles. The largest absolute Gasteiger partial charge is 0.462 e. The van der Waals surface area contributed by atoms with Crippen molar-refractivity contribution < 1.29 is 150 Å². The SMILES string of the molecule is CCC(O)C(O)C(O)C(O)CNC(=O)C1C2C[C@@H](OC3O[C@H](C)[C@@H](O)[C@H](NC[C@@]4(O)OC[C@@H](O)[C@@H](OC5O[C@H](CO)[C@@H](O)[C@H](O)[C@H]5O)[C@@H]4O)[C@@H]3O)/C=C/C=C/C=C/C=C/C=C/C=C/C=C/[C@H](C)[C@@H](O)C(C)[C@H](C)OC(=O)C[C@H](O)C[C@H](O)CC[C@@H](O)[C@H](O)C[C@H](O)C[C@](O)(C[C@@H]1O)O2. The van der Waals surface area contributed by atoms with Crippen LogP contribution < -0.4 is 10.6 Å². The van der Waals surface area contributed by atoms with E-state index in [0.29, 0.717) is 0 Å². The van der Waals surface area contributed by atoms with Gasteiger partial charge in [-0.3, -0.25) is 9.59 Å². The van der Waals surface area contributed by atoms with Gasteiger partial charge in [-0.05, 0) is 39.5 Å². The fourth-order valence-electron chi connectivity index (χ4n) is 12.1. The molecule has 32 nitrogen and oxygen atoms in total. The molecule has 5 heterocycles. The van der Waals surface area contributed by atoms with Crippen molar-refractivity contribution in [2.45, 2.75) is 269 Å². The zero-order chi connectivity index (χ0) is 72.9. The Hall–Kier alpha value is -4.00. The van der Waals surface area contributed by atoms with Gasteiger partial charge in [0.25, 0.3) is 0 Å². The molecule has 2 bridgehead atoms. The smallest absolute Gasteiger partial charge is 0.308 e. The molecule has 0 spiro atoms. The average molecular weight is 1410 g/mol. The van der Waals surface area contributed by atoms with Gasteiger partial charge in [0, 0.05) is 44.1 Å². The van der Waals surface area contributed by atoms with Crippen molar-refractivity contribution >= 4 is 11.9 Å². The van der Waals surface area contributed by atoms with Crippen LogP contribution in [0.3, 0.4) is 0 Å². The number of ether oxygens (including phenoxy) is 7. The van der Waals surface area contributed by atoms with Crippen LogP contribution in [0.5, 0.6) is 0 Å². The maximum Gasteiger partial charge on any atom is 0.308 e. The summed E-state index contributed by atoms with van der Waals surface area (Å²) in [5, 5.41) is 236. The molecule has 0 radical (unpaired) electrons. The second kappa shape index (κ2) is 40.2. The van der Waals surface area contributed by atoms with Crippen molar-refractivity contribution in [2.24, 2.45) is 17.8 Å². The van der Waals surface area contributed by atoms with E-state index in [4.69, 9.17) is 33.2 Å². The molecule has 0 saturated carbocycles. The van der Waals surface area contributed by atoms with Gasteiger partial charge in [-0.1, -0.05) is 106 Å². The summed E-state index contributed by atoms with van der Waals surface area (Å²) in [5.41, 5.74) is 0. The summed E-state index contributed by atoms with van der Waals surface area (Å²) in [6.45, 7) is 4.78. The third-order valence-electron chi connectivity index (χ3n) is 18.4. The van der Waals surface area contributed by atoms with Crippen molar-refractivity contribution in [2.75, 3.05) is 26.3 Å². The Bertz CT molecular complexity index is 2600. The van der Waals surface area contributed by atoms with Crippen molar-refractivity contribution in [3.63, 3.8) is 0 Å². The van der Waals surface area contributed by atoms with E-state index in [1.54, 1.807) is 87.6 Å². The minimum Gasteiger partial charge on any atom is -0.462 e. The molecule has 4 saturated heterocycles. The Morgan fingerprint density at radius 3 is 1.82 bits per heavy atom. The zero-order valence-corrected chi connectivity index (χ0v) is 55.7. The number of rotatable bonds is 15. The number of aliphatic hydroxyl groups excluding tert-OH is 19. The molecule has 5 aliphatic rings. The number of hydrogen-bond acceptors (Lipinski definition) is 31. The van der Waals surface area contributed by atoms with Gasteiger partial charge in [0.05, 0.1) is 117 Å². The van der Waals surface area contributed by atoms with Crippen LogP contribution in [0.2, 0.25) is 0 Å². The number of hydrogen-bond donors (Lipinski definition) is 23. The number of esters is 1. The molecule has 0 aliphatic carbocycles. The van der Waals surface area contributed by atoms with Crippen LogP contribution in [0.4, 0.5) is 0 Å². The number of amides is 1. The highest BCUT2D eigenvalue weighted by Gasteiger charge is 2.55. The van der Waals surface area contributed by atoms with Crippen LogP contribution >= 0.6 is 0 Å². The van der Waals surface area contributed by atoms with E-state index in [0.717, 1.165) is 0 Å². The van der Waals surface area contributed by atoms with E-state index in [9.17, 15) is 117 Å². The molecule has 98 heavy (non-hydrogen) atoms. The monoisotopic (exact) mass is 1410 g/mol. The molecule has 1 amide bonds. The summed E-state index contributed by atoms with van der Waals surface area (Å²) >= 11 is 0. The summed E-state index contributed by atoms with van der Waals surface area (Å²) < 4.78 is 40.5. The fourth-order valence-corrected chi connectivity index (χ4v) is 12.1. The molecule has 5 rings (SSSR count). The third-order valence-corrected chi connectivity index (χ3v) is 18.4. The summed E-state index contributed by atoms with van der Waals surface area (Å²) in [6, 6.07) is -1.55. The second-order valence-corrected chi connectivity index (χ2v) is 26.3. The number of allylic oxidation sites excluding steroid dienone is 12. The molecule has 5 aliphatic heterocycles. The minimum absolute atomic E-state index is 0.0215. The van der Waals surface area contributed by atoms with Crippen LogP contribution in [-0.2, 0) is 42.7 Å². The molecule has 0 aromatic heterocycles. The summed E-state index contributed by atoms with van der Waals surface area (Å²) in [7, 11) is 0. The molecular formula is C66H108N2O30. The van der Waals surface area contributed by atoms with Crippen LogP contribution in [0.25, 0.3) is 0 Å². The number of aliphatic hydroxyl groups is 21. The van der Waals surface area contributed by atoms with Gasteiger partial charge < -0.3 is 151 Å². The highest BCUT2D eigenvalue weighted by atomic mass is 16.7. The molecule has 23 N–H and O–H groups in total. The highest BCUT2D eigenvalue weighted by Crippen LogP contribution is 2.39. The number of cyclic esters (lactones) is 1. The molecule has 0 aromatic rings. The topological polar surface area (TPSA) is 548 Å². The van der Waals surface area contributed by atoms with Crippen molar-refractivity contribution in [3.8, 4) is 0 Å². The van der Waals surface area contributed by atoms with E-state index in [2.05, 4.69) is 10.6 Å². The van der Waals surface area contributed by atoms with E-state index in [1.165, 1.54) is 32.1 Å². The lowest BCUT2D eigenvalue weighted by Crippen LogP contribution is -2.70. The Morgan fingerprint density at radius 2 is 1.20 bits per heavy atom. The summed E-state index contributed by atoms with van der Waals surface area (Å²) in [5.74, 6) is -9.75. The van der Waals surface area contributed by atoms with Gasteiger partial charge in [0.2, 0.25) is 11.7 Å². The molecule has 9 unspecified atom stereocenters. The standard InChI is InChI=1S/C66H108N2O30/c1-6-41(73)54(82)55(83)45(77)29-67-62(89)50-44(76)28-65(90)27-39(72)24-43(75)42(74)22-21-37(70)23-38(71)25-49(79)93-35(4)34(3)52(80)33(2)19-17-15-13-11-9-7-8-10-12-14-16-18-20-40(26-47(50)98-65)95-63-57(85)51(53(81)36(5)94-63)68-32-66(91)61(88)60(46(78)31-92-66)97-64-59(87)58(86)56(84)48(30-69)96-64/h7-20,33-48,50-61,63-64,68-78,80-88,90-91H,6,21-32H2,1-5H3,(H,67,89)/b8-7+,11-9+,12-10+,15-13+,16-14+,19-17+,20-18+/t33-,34?,35-,36+,37+,38+,39-,40-,41?,42+,43+,44-,45?,46+,47?,48+,50?,51-,52+,53+,54?,55?,56+,57-,58-,59+,60+,61-,63?,64?,65+,66+/m0/s1. The van der Waals surface area contributed by atoms with Gasteiger partial charge in [0.15, 0.2) is 18.4 Å². The van der Waals surface area contributed by atoms with E-state index in [-0.39, 0.29) is 31.6 Å². The third kappa shape index (κ3) is 24.6. The normalized spacial score (nSPS) is 45.0. The first kappa shape index (κ1) is 84.7. The molecule has 32 heteroatoms. The number of carbonyl (C=O) groups excluding carboxylic acids is 2. The fraction of sp³-hybridized carbons (Fsp3) is 0.758. The Balaban J connectivity index is 1.46. The zero-order valence-electron chi connectivity index (χ0n) is 55.7. The first-order valence-corrected chi connectivity index (χ1v) is 33.3. The number of fused-ring (bicyclic) bond motifs is 2. The van der Waals surface area contributed by atoms with E-state index >= 15 is 0 Å². The van der Waals surface area contributed by atoms with Crippen LogP contribution in [0.1, 0.15) is 92.4 Å². The number of carbonyl (C=O) groups is 2. The van der Waals surface area contributed by atoms with Gasteiger partial charge in [0.1, 0.15) is 67.1 Å². The first-order valence-electron chi connectivity index (χ1n) is 33.3. The maximum absolute atomic E-state index is 14.3. The van der Waals surface area contributed by atoms with E-state index in [1.807, 2.05) is 0 Å². The first-order chi connectivity index (χ1) is 46.1. The Kier molecular flexibility index (Phi) is 34.7. The average Bonchev–Trinajstić information content (AvgIpc) is 0.785. The minimum atomic E-state index is -2.73. The van der Waals surface area contributed by atoms with Gasteiger partial charge >= 0.3 is 5.97 Å². The second-order valence-electron chi connectivity index (χ2n) is 26.3. The Morgan fingerprint density at radius 1 is 0.612 bits per heavy atom. The predicted molar refractivity (Wildman–Crippen MR) is 342 cm³/mol. The summed E-state index contributed by atoms with van der Waals surface area (Å²) in [4.78, 5) is 27.1. The summed E-state index contributed by atoms with van der Waals surface area (Å²) in [6.07, 6.45) is -23.9. The maximum atomic E-state index is 14.3. The molecule has 4 fully saturated rings. The van der Waals surface area contributed by atoms with Gasteiger partial charge in [-0.25, -0.2) is 0 Å². The van der Waals surface area contributed by atoms with Gasteiger partial charge in [-0.2, -0.15) is 0 Å². The lowest BCUT2D eigenvalue weighted by Gasteiger charge is -2.48. The highest BCUT2D eigenvalue weighted by molar-refractivity contribution is 5.80. The van der Waals surface area contributed by atoms with E-state index < -0.39 is 259 Å². The van der Waals surface area contributed by atoms with Crippen molar-refractivity contribution in [1.29, 1.82) is 0 Å². The number of nitrogens with one attached hydrogen (secondary N) is 2. The van der Waals surface area contributed by atoms with Gasteiger partial charge in [-0.15, -0.1) is 0 Å². The molecular weight excluding hydrogens is 1300 g/mol. The Labute approximate surface area is 569 Å². The van der Waals surface area contributed by atoms with Crippen LogP contribution in [0.15, 0.2) is 85.1 Å². The van der Waals surface area contributed by atoms with Crippen molar-refractivity contribution in [3.05, 3.63) is 85.1 Å². The molecule has 32 atom stereocenters. The lowest BCUT2D eigenvalue weighted by molar-refractivity contribution is -0.368. The van der Waals surface area contributed by atoms with Crippen LogP contribution in [-0.4, -0.2) is 322 Å².